The van der Waals surface area contributed by atoms with Crippen LogP contribution in [0.15, 0.2) is 0 Å². The monoisotopic (exact) mass is 227 g/mol. The number of aromatic nitrogens is 3. The number of aliphatic hydroxyl groups excluding tert-OH is 1. The average molecular weight is 227 g/mol. The molecule has 0 aromatic carbocycles. The number of aliphatic carboxylic acids is 1. The van der Waals surface area contributed by atoms with Gasteiger partial charge in [-0.05, 0) is 27.2 Å². The highest BCUT2D eigenvalue weighted by atomic mass is 16.4. The Morgan fingerprint density at radius 2 is 2.06 bits per heavy atom. The minimum absolute atomic E-state index is 0.0550. The van der Waals surface area contributed by atoms with Crippen molar-refractivity contribution in [3.63, 3.8) is 0 Å². The molecule has 6 heteroatoms. The molecule has 0 aliphatic heterocycles. The van der Waals surface area contributed by atoms with Crippen LogP contribution in [0.5, 0.6) is 0 Å². The fourth-order valence-corrected chi connectivity index (χ4v) is 1.63. The molecule has 0 aliphatic rings. The van der Waals surface area contributed by atoms with Crippen molar-refractivity contribution in [3.8, 4) is 0 Å². The highest BCUT2D eigenvalue weighted by molar-refractivity contribution is 5.75. The lowest BCUT2D eigenvalue weighted by Crippen LogP contribution is -2.37. The molecule has 0 saturated carbocycles. The first-order valence-electron chi connectivity index (χ1n) is 5.17. The van der Waals surface area contributed by atoms with E-state index in [-0.39, 0.29) is 6.61 Å². The van der Waals surface area contributed by atoms with Crippen LogP contribution in [0.3, 0.4) is 0 Å². The summed E-state index contributed by atoms with van der Waals surface area (Å²) in [5, 5.41) is 25.8. The number of carbonyl (C=O) groups is 1. The van der Waals surface area contributed by atoms with Crippen molar-refractivity contribution in [2.75, 3.05) is 6.61 Å². The van der Waals surface area contributed by atoms with Gasteiger partial charge in [0, 0.05) is 13.0 Å². The molecule has 0 fully saturated rings. The number of aliphatic hydroxyl groups is 1. The third-order valence-corrected chi connectivity index (χ3v) is 2.53. The third-order valence-electron chi connectivity index (χ3n) is 2.53. The summed E-state index contributed by atoms with van der Waals surface area (Å²) in [4.78, 5) is 11.2. The van der Waals surface area contributed by atoms with Crippen LogP contribution >= 0.6 is 0 Å². The van der Waals surface area contributed by atoms with E-state index in [1.807, 2.05) is 0 Å². The second-order valence-electron chi connectivity index (χ2n) is 4.19. The maximum Gasteiger partial charge on any atom is 0.329 e. The van der Waals surface area contributed by atoms with E-state index in [1.54, 1.807) is 25.3 Å². The van der Waals surface area contributed by atoms with Crippen molar-refractivity contribution in [3.05, 3.63) is 11.6 Å². The lowest BCUT2D eigenvalue weighted by atomic mass is 10.1. The summed E-state index contributed by atoms with van der Waals surface area (Å²) >= 11 is 0. The molecule has 1 aromatic heterocycles. The fraction of sp³-hybridized carbons (Fsp3) is 0.700. The second kappa shape index (κ2) is 4.61. The van der Waals surface area contributed by atoms with Gasteiger partial charge in [0.2, 0.25) is 0 Å². The van der Waals surface area contributed by atoms with E-state index in [2.05, 4.69) is 10.2 Å². The molecular formula is C10H17N3O3. The molecule has 0 radical (unpaired) electrons. The number of carboxylic acid groups (broad SMARTS) is 1. The van der Waals surface area contributed by atoms with E-state index in [9.17, 15) is 4.79 Å². The summed E-state index contributed by atoms with van der Waals surface area (Å²) in [7, 11) is 0. The Balaban J connectivity index is 3.11. The summed E-state index contributed by atoms with van der Waals surface area (Å²) in [6.07, 6.45) is 1.07. The summed E-state index contributed by atoms with van der Waals surface area (Å²) in [5.41, 5.74) is -1.07. The normalized spacial score (nSPS) is 11.8. The molecule has 0 atom stereocenters. The molecule has 0 saturated heterocycles. The van der Waals surface area contributed by atoms with Gasteiger partial charge in [0.05, 0.1) is 0 Å². The SMILES string of the molecule is Cc1nnc(CCCO)n1C(C)(C)C(=O)O. The molecule has 1 heterocycles. The largest absolute Gasteiger partial charge is 0.480 e. The van der Waals surface area contributed by atoms with Crippen LogP contribution in [-0.4, -0.2) is 37.6 Å². The van der Waals surface area contributed by atoms with Gasteiger partial charge in [-0.15, -0.1) is 10.2 Å². The number of aryl methyl sites for hydroxylation is 2. The Morgan fingerprint density at radius 1 is 1.44 bits per heavy atom. The first-order chi connectivity index (χ1) is 7.41. The predicted octanol–water partition coefficient (Wildman–Crippen LogP) is 0.331. The van der Waals surface area contributed by atoms with Gasteiger partial charge >= 0.3 is 5.97 Å². The lowest BCUT2D eigenvalue weighted by Gasteiger charge is -2.24. The van der Waals surface area contributed by atoms with Gasteiger partial charge in [0.1, 0.15) is 17.2 Å². The van der Waals surface area contributed by atoms with Gasteiger partial charge in [0.25, 0.3) is 0 Å². The molecule has 6 nitrogen and oxygen atoms in total. The van der Waals surface area contributed by atoms with Gasteiger partial charge in [-0.2, -0.15) is 0 Å². The van der Waals surface area contributed by atoms with Crippen LogP contribution in [0.1, 0.15) is 31.9 Å². The molecular weight excluding hydrogens is 210 g/mol. The molecule has 2 N–H and O–H groups in total. The summed E-state index contributed by atoms with van der Waals surface area (Å²) < 4.78 is 1.60. The van der Waals surface area contributed by atoms with Gasteiger partial charge in [-0.3, -0.25) is 4.57 Å². The minimum atomic E-state index is -1.07. The van der Waals surface area contributed by atoms with Crippen LogP contribution in [0.2, 0.25) is 0 Å². The molecule has 0 unspecified atom stereocenters. The Morgan fingerprint density at radius 3 is 2.56 bits per heavy atom. The first kappa shape index (κ1) is 12.6. The standard InChI is InChI=1S/C10H17N3O3/c1-7-11-12-8(5-4-6-14)13(7)10(2,3)9(15)16/h14H,4-6H2,1-3H3,(H,15,16). The van der Waals surface area contributed by atoms with E-state index >= 15 is 0 Å². The van der Waals surface area contributed by atoms with Crippen LogP contribution in [0.25, 0.3) is 0 Å². The van der Waals surface area contributed by atoms with Gasteiger partial charge in [0.15, 0.2) is 0 Å². The number of rotatable bonds is 5. The van der Waals surface area contributed by atoms with E-state index in [0.29, 0.717) is 24.5 Å². The molecule has 1 aromatic rings. The summed E-state index contributed by atoms with van der Waals surface area (Å²) in [6.45, 7) is 4.99. The zero-order valence-electron chi connectivity index (χ0n) is 9.77. The highest BCUT2D eigenvalue weighted by Gasteiger charge is 2.33. The predicted molar refractivity (Wildman–Crippen MR) is 57.1 cm³/mol. The van der Waals surface area contributed by atoms with Gasteiger partial charge in [-0.1, -0.05) is 0 Å². The van der Waals surface area contributed by atoms with Gasteiger partial charge in [-0.25, -0.2) is 4.79 Å². The van der Waals surface area contributed by atoms with Crippen molar-refractivity contribution < 1.29 is 15.0 Å². The topological polar surface area (TPSA) is 88.2 Å². The quantitative estimate of drug-likeness (QED) is 0.756. The smallest absolute Gasteiger partial charge is 0.329 e. The number of carboxylic acids is 1. The molecule has 0 spiro atoms. The zero-order chi connectivity index (χ0) is 12.3. The molecule has 0 bridgehead atoms. The van der Waals surface area contributed by atoms with Crippen molar-refractivity contribution in [2.24, 2.45) is 0 Å². The minimum Gasteiger partial charge on any atom is -0.480 e. The fourth-order valence-electron chi connectivity index (χ4n) is 1.63. The average Bonchev–Trinajstić information content (AvgIpc) is 2.56. The highest BCUT2D eigenvalue weighted by Crippen LogP contribution is 2.20. The van der Waals surface area contributed by atoms with Gasteiger partial charge < -0.3 is 10.2 Å². The van der Waals surface area contributed by atoms with E-state index < -0.39 is 11.5 Å². The van der Waals surface area contributed by atoms with Crippen LogP contribution < -0.4 is 0 Å². The maximum absolute atomic E-state index is 11.2. The Kier molecular flexibility index (Phi) is 3.64. The van der Waals surface area contributed by atoms with Crippen molar-refractivity contribution in [1.82, 2.24) is 14.8 Å². The van der Waals surface area contributed by atoms with E-state index in [4.69, 9.17) is 10.2 Å². The van der Waals surface area contributed by atoms with Crippen LogP contribution in [-0.2, 0) is 16.8 Å². The van der Waals surface area contributed by atoms with Crippen molar-refractivity contribution in [1.29, 1.82) is 0 Å². The number of nitrogens with zero attached hydrogens (tertiary/aromatic N) is 3. The molecule has 90 valence electrons. The Labute approximate surface area is 93.9 Å². The van der Waals surface area contributed by atoms with Crippen molar-refractivity contribution >= 4 is 5.97 Å². The molecule has 16 heavy (non-hydrogen) atoms. The van der Waals surface area contributed by atoms with Crippen molar-refractivity contribution in [2.45, 2.75) is 39.2 Å². The zero-order valence-corrected chi connectivity index (χ0v) is 9.77. The Hall–Kier alpha value is -1.43. The number of hydrogen-bond acceptors (Lipinski definition) is 4. The van der Waals surface area contributed by atoms with E-state index in [0.717, 1.165) is 0 Å². The first-order valence-corrected chi connectivity index (χ1v) is 5.17. The van der Waals surface area contributed by atoms with Crippen LogP contribution in [0.4, 0.5) is 0 Å². The molecule has 1 rings (SSSR count). The van der Waals surface area contributed by atoms with Crippen LogP contribution in [0, 0.1) is 6.92 Å². The Bertz CT molecular complexity index is 385. The second-order valence-corrected chi connectivity index (χ2v) is 4.19. The summed E-state index contributed by atoms with van der Waals surface area (Å²) in [6, 6.07) is 0. The molecule has 0 amide bonds. The number of hydrogen-bond donors (Lipinski definition) is 2. The van der Waals surface area contributed by atoms with E-state index in [1.165, 1.54) is 0 Å². The third kappa shape index (κ3) is 2.21. The summed E-state index contributed by atoms with van der Waals surface area (Å²) in [5.74, 6) is 0.236. The molecule has 0 aliphatic carbocycles. The lowest BCUT2D eigenvalue weighted by molar-refractivity contribution is -0.145. The maximum atomic E-state index is 11.2.